The first kappa shape index (κ1) is 13.7. The fraction of sp³-hybridized carbons (Fsp3) is 0.562. The standard InChI is InChI=1S/C16H23NS/c1-11(2)13-7-5-6-8-18-15-10-17-9-14(12(3)4)16(13)15/h7,9-12H,5-6,8H2,1-4H3/b13-7-. The zero-order valence-electron chi connectivity index (χ0n) is 11.9. The molecule has 0 saturated carbocycles. The molecule has 0 atom stereocenters. The minimum atomic E-state index is 0.537. The summed E-state index contributed by atoms with van der Waals surface area (Å²) >= 11 is 1.97. The van der Waals surface area contributed by atoms with Gasteiger partial charge in [-0.1, -0.05) is 33.8 Å². The number of aromatic nitrogens is 1. The third-order valence-corrected chi connectivity index (χ3v) is 4.56. The van der Waals surface area contributed by atoms with Crippen molar-refractivity contribution >= 4 is 17.3 Å². The van der Waals surface area contributed by atoms with Crippen molar-refractivity contribution in [2.24, 2.45) is 5.92 Å². The van der Waals surface area contributed by atoms with Crippen molar-refractivity contribution in [2.45, 2.75) is 51.3 Å². The number of hydrogen-bond acceptors (Lipinski definition) is 2. The van der Waals surface area contributed by atoms with Crippen LogP contribution in [0.5, 0.6) is 0 Å². The van der Waals surface area contributed by atoms with Crippen LogP contribution in [-0.4, -0.2) is 10.7 Å². The molecule has 1 aromatic rings. The van der Waals surface area contributed by atoms with Crippen molar-refractivity contribution in [3.63, 3.8) is 0 Å². The van der Waals surface area contributed by atoms with E-state index >= 15 is 0 Å². The van der Waals surface area contributed by atoms with Gasteiger partial charge in [0.1, 0.15) is 0 Å². The van der Waals surface area contributed by atoms with E-state index in [9.17, 15) is 0 Å². The average Bonchev–Trinajstić information content (AvgIpc) is 2.28. The van der Waals surface area contributed by atoms with Gasteiger partial charge in [0, 0.05) is 17.3 Å². The number of hydrogen-bond donors (Lipinski definition) is 0. The van der Waals surface area contributed by atoms with Crippen molar-refractivity contribution in [1.29, 1.82) is 0 Å². The molecule has 1 nitrogen and oxygen atoms in total. The van der Waals surface area contributed by atoms with Crippen LogP contribution in [0.1, 0.15) is 57.6 Å². The second-order valence-corrected chi connectivity index (χ2v) is 6.70. The SMILES string of the molecule is CC(C)/C1=C/CCCSc2cncc(C(C)C)c21. The van der Waals surface area contributed by atoms with Crippen LogP contribution in [0.3, 0.4) is 0 Å². The van der Waals surface area contributed by atoms with Crippen LogP contribution in [0.4, 0.5) is 0 Å². The Morgan fingerprint density at radius 1 is 1.11 bits per heavy atom. The summed E-state index contributed by atoms with van der Waals surface area (Å²) in [5.74, 6) is 2.33. The number of allylic oxidation sites excluding steroid dienone is 2. The van der Waals surface area contributed by atoms with Gasteiger partial charge in [0.2, 0.25) is 0 Å². The molecule has 1 aromatic heterocycles. The van der Waals surface area contributed by atoms with Gasteiger partial charge in [-0.3, -0.25) is 4.98 Å². The minimum absolute atomic E-state index is 0.537. The lowest BCUT2D eigenvalue weighted by molar-refractivity contribution is 0.806. The monoisotopic (exact) mass is 261 g/mol. The minimum Gasteiger partial charge on any atom is -0.263 e. The van der Waals surface area contributed by atoms with E-state index in [0.29, 0.717) is 11.8 Å². The molecule has 0 fully saturated rings. The van der Waals surface area contributed by atoms with Crippen LogP contribution < -0.4 is 0 Å². The maximum atomic E-state index is 4.44. The van der Waals surface area contributed by atoms with E-state index in [1.807, 2.05) is 18.0 Å². The van der Waals surface area contributed by atoms with Crippen molar-refractivity contribution in [3.8, 4) is 0 Å². The van der Waals surface area contributed by atoms with Crippen molar-refractivity contribution in [3.05, 3.63) is 29.6 Å². The molecule has 0 saturated heterocycles. The van der Waals surface area contributed by atoms with Gasteiger partial charge < -0.3 is 0 Å². The van der Waals surface area contributed by atoms with E-state index in [4.69, 9.17) is 0 Å². The Morgan fingerprint density at radius 2 is 1.89 bits per heavy atom. The van der Waals surface area contributed by atoms with E-state index in [1.54, 1.807) is 0 Å². The van der Waals surface area contributed by atoms with Gasteiger partial charge in [-0.25, -0.2) is 0 Å². The predicted octanol–water partition coefficient (Wildman–Crippen LogP) is 5.13. The Hall–Kier alpha value is -0.760. The second kappa shape index (κ2) is 5.92. The molecule has 98 valence electrons. The Bertz CT molecular complexity index is 446. The highest BCUT2D eigenvalue weighted by molar-refractivity contribution is 7.99. The summed E-state index contributed by atoms with van der Waals surface area (Å²) in [6, 6.07) is 0. The van der Waals surface area contributed by atoms with Crippen molar-refractivity contribution in [1.82, 2.24) is 4.98 Å². The molecule has 0 aliphatic carbocycles. The predicted molar refractivity (Wildman–Crippen MR) is 81.1 cm³/mol. The molecule has 0 spiro atoms. The zero-order valence-corrected chi connectivity index (χ0v) is 12.7. The Balaban J connectivity index is 2.60. The fourth-order valence-electron chi connectivity index (χ4n) is 2.46. The molecule has 0 N–H and O–H groups in total. The van der Waals surface area contributed by atoms with Crippen LogP contribution in [0.25, 0.3) is 5.57 Å². The Morgan fingerprint density at radius 3 is 2.56 bits per heavy atom. The molecule has 2 heteroatoms. The third kappa shape index (κ3) is 2.80. The summed E-state index contributed by atoms with van der Waals surface area (Å²) in [6.45, 7) is 9.12. The quantitative estimate of drug-likeness (QED) is 0.732. The molecule has 0 aromatic carbocycles. The summed E-state index contributed by atoms with van der Waals surface area (Å²) in [5, 5.41) is 0. The molecule has 1 aliphatic heterocycles. The van der Waals surface area contributed by atoms with E-state index in [-0.39, 0.29) is 0 Å². The third-order valence-electron chi connectivity index (χ3n) is 3.44. The number of thioether (sulfide) groups is 1. The molecular weight excluding hydrogens is 238 g/mol. The molecule has 0 unspecified atom stereocenters. The van der Waals surface area contributed by atoms with Crippen LogP contribution in [0, 0.1) is 5.92 Å². The molecule has 1 aliphatic rings. The molecule has 0 bridgehead atoms. The summed E-state index contributed by atoms with van der Waals surface area (Å²) in [5.41, 5.74) is 4.39. The maximum Gasteiger partial charge on any atom is 0.0410 e. The van der Waals surface area contributed by atoms with E-state index in [2.05, 4.69) is 45.0 Å². The van der Waals surface area contributed by atoms with Gasteiger partial charge in [-0.15, -0.1) is 11.8 Å². The molecular formula is C16H23NS. The highest BCUT2D eigenvalue weighted by Crippen LogP contribution is 2.39. The number of fused-ring (bicyclic) bond motifs is 1. The summed E-state index contributed by atoms with van der Waals surface area (Å²) in [7, 11) is 0. The summed E-state index contributed by atoms with van der Waals surface area (Å²) in [4.78, 5) is 5.81. The van der Waals surface area contributed by atoms with E-state index in [1.165, 1.54) is 40.2 Å². The first-order valence-electron chi connectivity index (χ1n) is 6.92. The van der Waals surface area contributed by atoms with Gasteiger partial charge in [-0.05, 0) is 47.1 Å². The Kier molecular flexibility index (Phi) is 4.50. The average molecular weight is 261 g/mol. The lowest BCUT2D eigenvalue weighted by atomic mass is 9.88. The fourth-order valence-corrected chi connectivity index (χ4v) is 3.51. The van der Waals surface area contributed by atoms with E-state index in [0.717, 1.165) is 0 Å². The van der Waals surface area contributed by atoms with Crippen LogP contribution in [0.15, 0.2) is 23.4 Å². The highest BCUT2D eigenvalue weighted by Gasteiger charge is 2.19. The smallest absolute Gasteiger partial charge is 0.0410 e. The van der Waals surface area contributed by atoms with Gasteiger partial charge in [-0.2, -0.15) is 0 Å². The topological polar surface area (TPSA) is 12.9 Å². The molecule has 2 heterocycles. The highest BCUT2D eigenvalue weighted by atomic mass is 32.2. The Labute approximate surface area is 115 Å². The van der Waals surface area contributed by atoms with Crippen LogP contribution in [0.2, 0.25) is 0 Å². The summed E-state index contributed by atoms with van der Waals surface area (Å²) < 4.78 is 0. The number of pyridine rings is 1. The maximum absolute atomic E-state index is 4.44. The lowest BCUT2D eigenvalue weighted by Gasteiger charge is -2.23. The number of nitrogens with zero attached hydrogens (tertiary/aromatic N) is 1. The van der Waals surface area contributed by atoms with Crippen molar-refractivity contribution in [2.75, 3.05) is 5.75 Å². The second-order valence-electron chi connectivity index (χ2n) is 5.56. The first-order chi connectivity index (χ1) is 8.61. The van der Waals surface area contributed by atoms with Gasteiger partial charge in [0.15, 0.2) is 0 Å². The normalized spacial score (nSPS) is 19.1. The van der Waals surface area contributed by atoms with Gasteiger partial charge >= 0.3 is 0 Å². The van der Waals surface area contributed by atoms with Crippen LogP contribution in [-0.2, 0) is 0 Å². The first-order valence-corrected chi connectivity index (χ1v) is 7.91. The van der Waals surface area contributed by atoms with Crippen LogP contribution >= 0.6 is 11.8 Å². The molecule has 2 rings (SSSR count). The number of rotatable bonds is 2. The zero-order chi connectivity index (χ0) is 13.1. The van der Waals surface area contributed by atoms with Crippen molar-refractivity contribution < 1.29 is 0 Å². The molecule has 18 heavy (non-hydrogen) atoms. The largest absolute Gasteiger partial charge is 0.263 e. The van der Waals surface area contributed by atoms with E-state index < -0.39 is 0 Å². The molecule has 0 amide bonds. The lowest BCUT2D eigenvalue weighted by Crippen LogP contribution is -2.05. The summed E-state index contributed by atoms with van der Waals surface area (Å²) in [6.07, 6.45) is 9.04. The van der Waals surface area contributed by atoms with Gasteiger partial charge in [0.05, 0.1) is 0 Å². The van der Waals surface area contributed by atoms with Gasteiger partial charge in [0.25, 0.3) is 0 Å². The molecule has 0 radical (unpaired) electrons.